The first kappa shape index (κ1) is 26.5. The van der Waals surface area contributed by atoms with Crippen LogP contribution in [0.4, 0.5) is 4.79 Å². The number of hydrogen-bond donors (Lipinski definition) is 1. The minimum atomic E-state index is -0.777. The molecule has 4 heterocycles. The van der Waals surface area contributed by atoms with Crippen molar-refractivity contribution < 1.29 is 19.0 Å². The summed E-state index contributed by atoms with van der Waals surface area (Å²) < 4.78 is 18.9. The van der Waals surface area contributed by atoms with E-state index >= 15 is 0 Å². The third-order valence-corrected chi connectivity index (χ3v) is 7.84. The fourth-order valence-electron chi connectivity index (χ4n) is 5.91. The number of benzene rings is 2. The van der Waals surface area contributed by atoms with Gasteiger partial charge in [0.25, 0.3) is 0 Å². The molecule has 2 aliphatic heterocycles. The van der Waals surface area contributed by atoms with Crippen molar-refractivity contribution in [2.45, 2.75) is 32.4 Å². The highest BCUT2D eigenvalue weighted by atomic mass is 16.6. The monoisotopic (exact) mass is 540 g/mol. The topological polar surface area (TPSA) is 77.9 Å². The Labute approximate surface area is 234 Å². The molecule has 0 bridgehead atoms. The number of aromatic nitrogens is 2. The van der Waals surface area contributed by atoms with Crippen molar-refractivity contribution in [2.75, 3.05) is 46.5 Å². The summed E-state index contributed by atoms with van der Waals surface area (Å²) in [5.74, 6) is 0.458. The second-order valence-corrected chi connectivity index (χ2v) is 10.9. The van der Waals surface area contributed by atoms with Crippen LogP contribution in [0.5, 0.6) is 5.88 Å². The van der Waals surface area contributed by atoms with Crippen molar-refractivity contribution in [3.63, 3.8) is 0 Å². The highest BCUT2D eigenvalue weighted by Gasteiger charge is 2.39. The van der Waals surface area contributed by atoms with Gasteiger partial charge in [0.05, 0.1) is 37.1 Å². The SMILES string of the molecule is COc1ncccc1-c1c(-c2ccccc2)c2cc(CNCCCN3CCOCC3)cc3c2n1C(=O)OC3(C)C. The smallest absolute Gasteiger partial charge is 0.419 e. The van der Waals surface area contributed by atoms with Crippen LogP contribution in [-0.2, 0) is 21.6 Å². The first-order chi connectivity index (χ1) is 19.5. The Morgan fingerprint density at radius 2 is 1.88 bits per heavy atom. The van der Waals surface area contributed by atoms with Gasteiger partial charge in [-0.3, -0.25) is 4.90 Å². The van der Waals surface area contributed by atoms with E-state index in [0.29, 0.717) is 5.88 Å². The molecule has 4 aromatic rings. The van der Waals surface area contributed by atoms with E-state index in [-0.39, 0.29) is 0 Å². The lowest BCUT2D eigenvalue weighted by Gasteiger charge is -2.32. The molecule has 0 aliphatic carbocycles. The van der Waals surface area contributed by atoms with Crippen molar-refractivity contribution in [1.82, 2.24) is 19.8 Å². The molecule has 8 heteroatoms. The maximum Gasteiger partial charge on any atom is 0.419 e. The normalized spacial score (nSPS) is 16.7. The number of cyclic esters (lactones) is 1. The van der Waals surface area contributed by atoms with Gasteiger partial charge in [0.1, 0.15) is 5.60 Å². The number of ether oxygens (including phenoxy) is 3. The van der Waals surface area contributed by atoms with Crippen LogP contribution < -0.4 is 10.1 Å². The van der Waals surface area contributed by atoms with Crippen molar-refractivity contribution in [2.24, 2.45) is 0 Å². The molecule has 0 saturated carbocycles. The highest BCUT2D eigenvalue weighted by Crippen LogP contribution is 2.48. The zero-order valence-electron chi connectivity index (χ0n) is 23.4. The van der Waals surface area contributed by atoms with Crippen LogP contribution in [0.25, 0.3) is 33.3 Å². The molecule has 40 heavy (non-hydrogen) atoms. The van der Waals surface area contributed by atoms with Gasteiger partial charge in [-0.15, -0.1) is 0 Å². The average Bonchev–Trinajstić information content (AvgIpc) is 3.32. The van der Waals surface area contributed by atoms with E-state index in [1.54, 1.807) is 17.9 Å². The molecule has 0 unspecified atom stereocenters. The van der Waals surface area contributed by atoms with Crippen molar-refractivity contribution in [1.29, 1.82) is 0 Å². The molecular formula is C32H36N4O4. The average molecular weight is 541 g/mol. The molecule has 208 valence electrons. The molecule has 8 nitrogen and oxygen atoms in total. The second-order valence-electron chi connectivity index (χ2n) is 10.9. The third kappa shape index (κ3) is 4.87. The van der Waals surface area contributed by atoms with E-state index in [9.17, 15) is 4.79 Å². The van der Waals surface area contributed by atoms with Crippen LogP contribution in [-0.4, -0.2) is 67.0 Å². The van der Waals surface area contributed by atoms with E-state index in [1.807, 2.05) is 44.2 Å². The van der Waals surface area contributed by atoms with Gasteiger partial charge in [0.2, 0.25) is 5.88 Å². The molecular weight excluding hydrogens is 504 g/mol. The predicted octanol–water partition coefficient (Wildman–Crippen LogP) is 5.42. The van der Waals surface area contributed by atoms with Gasteiger partial charge in [-0.25, -0.2) is 14.3 Å². The lowest BCUT2D eigenvalue weighted by Crippen LogP contribution is -2.37. The van der Waals surface area contributed by atoms with Gasteiger partial charge in [0.15, 0.2) is 0 Å². The molecule has 2 aromatic carbocycles. The summed E-state index contributed by atoms with van der Waals surface area (Å²) in [5.41, 5.74) is 5.68. The minimum Gasteiger partial charge on any atom is -0.481 e. The zero-order valence-corrected chi connectivity index (χ0v) is 23.4. The molecule has 1 fully saturated rings. The quantitative estimate of drug-likeness (QED) is 0.284. The van der Waals surface area contributed by atoms with Gasteiger partial charge in [-0.2, -0.15) is 0 Å². The number of methoxy groups -OCH3 is 1. The van der Waals surface area contributed by atoms with Crippen molar-refractivity contribution >= 4 is 17.0 Å². The zero-order chi connectivity index (χ0) is 27.7. The van der Waals surface area contributed by atoms with Crippen molar-refractivity contribution in [3.8, 4) is 28.3 Å². The standard InChI is InChI=1S/C32H36N4O4/c1-32(2)26-20-22(21-33-12-8-14-35-15-17-39-18-16-35)19-25-27(23-9-5-4-6-10-23)29(36(28(25)26)31(37)40-32)24-11-7-13-34-30(24)38-3/h4-7,9-11,13,19-20,33H,8,12,14-18,21H2,1-3H3. The van der Waals surface area contributed by atoms with E-state index in [2.05, 4.69) is 39.5 Å². The fourth-order valence-corrected chi connectivity index (χ4v) is 5.91. The number of nitrogens with zero attached hydrogens (tertiary/aromatic N) is 3. The number of rotatable bonds is 9. The number of morpholine rings is 1. The molecule has 2 aliphatic rings. The van der Waals surface area contributed by atoms with E-state index in [1.165, 1.54) is 0 Å². The first-order valence-electron chi connectivity index (χ1n) is 14.0. The Morgan fingerprint density at radius 3 is 2.65 bits per heavy atom. The van der Waals surface area contributed by atoms with Gasteiger partial charge in [-0.1, -0.05) is 30.3 Å². The summed E-state index contributed by atoms with van der Waals surface area (Å²) in [6.45, 7) is 10.3. The summed E-state index contributed by atoms with van der Waals surface area (Å²) in [4.78, 5) is 20.5. The number of carbonyl (C=O) groups is 1. The Kier molecular flexibility index (Phi) is 7.31. The van der Waals surface area contributed by atoms with Crippen LogP contribution in [0.2, 0.25) is 0 Å². The lowest BCUT2D eigenvalue weighted by molar-refractivity contribution is 0.0333. The maximum atomic E-state index is 13.6. The molecule has 1 N–H and O–H groups in total. The van der Waals surface area contributed by atoms with Gasteiger partial charge in [0, 0.05) is 42.3 Å². The lowest BCUT2D eigenvalue weighted by atomic mass is 9.90. The van der Waals surface area contributed by atoms with Crippen LogP contribution in [0.3, 0.4) is 0 Å². The predicted molar refractivity (Wildman–Crippen MR) is 156 cm³/mol. The largest absolute Gasteiger partial charge is 0.481 e. The summed E-state index contributed by atoms with van der Waals surface area (Å²) in [5, 5.41) is 4.65. The molecule has 0 radical (unpaired) electrons. The van der Waals surface area contributed by atoms with E-state index in [0.717, 1.165) is 96.8 Å². The summed E-state index contributed by atoms with van der Waals surface area (Å²) in [7, 11) is 1.60. The summed E-state index contributed by atoms with van der Waals surface area (Å²) >= 11 is 0. The molecule has 2 aromatic heterocycles. The van der Waals surface area contributed by atoms with Gasteiger partial charge >= 0.3 is 6.09 Å². The Bertz CT molecular complexity index is 1520. The third-order valence-electron chi connectivity index (χ3n) is 7.84. The van der Waals surface area contributed by atoms with E-state index < -0.39 is 11.7 Å². The Balaban J connectivity index is 1.45. The second kappa shape index (κ2) is 11.0. The first-order valence-corrected chi connectivity index (χ1v) is 14.0. The number of carbonyl (C=O) groups excluding carboxylic acids is 1. The maximum absolute atomic E-state index is 13.6. The van der Waals surface area contributed by atoms with Gasteiger partial charge < -0.3 is 19.5 Å². The van der Waals surface area contributed by atoms with E-state index in [4.69, 9.17) is 14.2 Å². The number of pyridine rings is 1. The Hall–Kier alpha value is -3.72. The number of nitrogens with one attached hydrogen (secondary N) is 1. The molecule has 0 amide bonds. The van der Waals surface area contributed by atoms with Crippen LogP contribution in [0, 0.1) is 0 Å². The molecule has 0 spiro atoms. The highest BCUT2D eigenvalue weighted by molar-refractivity contribution is 6.11. The molecule has 1 saturated heterocycles. The minimum absolute atomic E-state index is 0.403. The fraction of sp³-hybridized carbons (Fsp3) is 0.375. The number of hydrogen-bond acceptors (Lipinski definition) is 7. The van der Waals surface area contributed by atoms with Crippen LogP contribution in [0.1, 0.15) is 31.4 Å². The van der Waals surface area contributed by atoms with Crippen LogP contribution >= 0.6 is 0 Å². The Morgan fingerprint density at radius 1 is 1.07 bits per heavy atom. The molecule has 6 rings (SSSR count). The van der Waals surface area contributed by atoms with Gasteiger partial charge in [-0.05, 0) is 68.8 Å². The van der Waals surface area contributed by atoms with Crippen LogP contribution in [0.15, 0.2) is 60.8 Å². The molecule has 0 atom stereocenters. The van der Waals surface area contributed by atoms with Crippen molar-refractivity contribution in [3.05, 3.63) is 71.9 Å². The summed E-state index contributed by atoms with van der Waals surface area (Å²) in [6, 6.07) is 18.4. The summed E-state index contributed by atoms with van der Waals surface area (Å²) in [6.07, 6.45) is 2.37.